The number of fused-ring (bicyclic) bond motifs is 1. The zero-order valence-corrected chi connectivity index (χ0v) is 21.8. The fourth-order valence-electron chi connectivity index (χ4n) is 4.56. The highest BCUT2D eigenvalue weighted by molar-refractivity contribution is 8.01. The molecule has 2 fully saturated rings. The van der Waals surface area contributed by atoms with Gasteiger partial charge in [-0.1, -0.05) is 12.1 Å². The molecule has 4 heterocycles. The number of rotatable bonds is 6. The lowest BCUT2D eigenvalue weighted by atomic mass is 9.77. The van der Waals surface area contributed by atoms with Crippen LogP contribution in [0.25, 0.3) is 17.2 Å². The van der Waals surface area contributed by atoms with Crippen LogP contribution in [0, 0.1) is 0 Å². The van der Waals surface area contributed by atoms with E-state index in [9.17, 15) is 0 Å². The van der Waals surface area contributed by atoms with Crippen molar-refractivity contribution in [3.05, 3.63) is 54.1 Å². The molecule has 9 heteroatoms. The summed E-state index contributed by atoms with van der Waals surface area (Å²) in [6, 6.07) is 6.56. The molecule has 0 spiro atoms. The molecule has 1 atom stereocenters. The maximum Gasteiger partial charge on any atom is 0.494 e. The van der Waals surface area contributed by atoms with Crippen molar-refractivity contribution < 1.29 is 9.31 Å². The lowest BCUT2D eigenvalue weighted by Gasteiger charge is -2.32. The molecule has 1 unspecified atom stereocenters. The molecule has 0 amide bonds. The van der Waals surface area contributed by atoms with Gasteiger partial charge < -0.3 is 14.0 Å². The molecule has 1 N–H and O–H groups in total. The lowest BCUT2D eigenvalue weighted by Crippen LogP contribution is -2.41. The smallest absolute Gasteiger partial charge is 0.399 e. The Morgan fingerprint density at radius 1 is 1.06 bits per heavy atom. The normalized spacial score (nSPS) is 22.4. The predicted octanol–water partition coefficient (Wildman–Crippen LogP) is 4.62. The minimum absolute atomic E-state index is 0.271. The van der Waals surface area contributed by atoms with Gasteiger partial charge in [-0.2, -0.15) is 10.2 Å². The highest BCUT2D eigenvalue weighted by atomic mass is 32.2. The standard InChI is InChI=1S/C26H32BN5O2S/c1-25(2)26(3,4)34-27(33-25)20-10-18(11-21(12-20)30-35-22-7-8-22)23-14-29-32-16-17(6-9-24(23)32)19-13-28-31(5)15-19/h6,9-15,17,22,30H,7-8,16H2,1-5H3. The monoisotopic (exact) mass is 489 g/mol. The summed E-state index contributed by atoms with van der Waals surface area (Å²) in [5.74, 6) is 0.271. The topological polar surface area (TPSA) is 66.1 Å². The van der Waals surface area contributed by atoms with Crippen molar-refractivity contribution in [3.8, 4) is 11.1 Å². The fraction of sp³-hybridized carbons (Fsp3) is 0.462. The van der Waals surface area contributed by atoms with Crippen molar-refractivity contribution in [1.82, 2.24) is 19.6 Å². The zero-order valence-electron chi connectivity index (χ0n) is 21.0. The van der Waals surface area contributed by atoms with Crippen LogP contribution in [0.15, 0.2) is 42.9 Å². The van der Waals surface area contributed by atoms with E-state index < -0.39 is 7.12 Å². The van der Waals surface area contributed by atoms with Crippen molar-refractivity contribution in [2.24, 2.45) is 7.05 Å². The van der Waals surface area contributed by atoms with E-state index in [2.05, 4.69) is 78.7 Å². The van der Waals surface area contributed by atoms with Crippen LogP contribution >= 0.6 is 11.9 Å². The highest BCUT2D eigenvalue weighted by Crippen LogP contribution is 2.39. The molecule has 3 aromatic rings. The molecular formula is C26H32BN5O2S. The van der Waals surface area contributed by atoms with Gasteiger partial charge in [-0.3, -0.25) is 9.36 Å². The molecule has 1 saturated heterocycles. The number of nitrogens with one attached hydrogen (secondary N) is 1. The summed E-state index contributed by atoms with van der Waals surface area (Å²) in [4.78, 5) is 0. The van der Waals surface area contributed by atoms with E-state index in [1.807, 2.05) is 24.1 Å². The minimum Gasteiger partial charge on any atom is -0.399 e. The Labute approximate surface area is 211 Å². The Balaban J connectivity index is 1.34. The Morgan fingerprint density at radius 3 is 2.51 bits per heavy atom. The van der Waals surface area contributed by atoms with Gasteiger partial charge in [0.15, 0.2) is 0 Å². The predicted molar refractivity (Wildman–Crippen MR) is 143 cm³/mol. The van der Waals surface area contributed by atoms with Crippen molar-refractivity contribution in [2.75, 3.05) is 4.72 Å². The third-order valence-electron chi connectivity index (χ3n) is 7.55. The molecule has 2 aromatic heterocycles. The van der Waals surface area contributed by atoms with Crippen LogP contribution < -0.4 is 10.2 Å². The number of hydrogen-bond acceptors (Lipinski definition) is 6. The average Bonchev–Trinajstić information content (AvgIpc) is 3.30. The number of aromatic nitrogens is 4. The Bertz CT molecular complexity index is 1280. The Morgan fingerprint density at radius 2 is 1.83 bits per heavy atom. The van der Waals surface area contributed by atoms with Crippen molar-refractivity contribution >= 4 is 36.3 Å². The van der Waals surface area contributed by atoms with E-state index >= 15 is 0 Å². The van der Waals surface area contributed by atoms with E-state index in [-0.39, 0.29) is 17.1 Å². The number of anilines is 1. The number of benzene rings is 1. The van der Waals surface area contributed by atoms with Crippen molar-refractivity contribution in [1.29, 1.82) is 0 Å². The van der Waals surface area contributed by atoms with Crippen LogP contribution in [0.1, 0.15) is 57.7 Å². The highest BCUT2D eigenvalue weighted by Gasteiger charge is 2.51. The third kappa shape index (κ3) is 4.34. The molecule has 1 saturated carbocycles. The van der Waals surface area contributed by atoms with Gasteiger partial charge in [0, 0.05) is 35.7 Å². The van der Waals surface area contributed by atoms with Gasteiger partial charge in [-0.05, 0) is 87.3 Å². The molecule has 6 rings (SSSR count). The first-order valence-corrected chi connectivity index (χ1v) is 13.2. The number of allylic oxidation sites excluding steroid dienone is 1. The van der Waals surface area contributed by atoms with Crippen LogP contribution in [-0.4, -0.2) is 43.1 Å². The van der Waals surface area contributed by atoms with Crippen LogP contribution in [0.3, 0.4) is 0 Å². The molecular weight excluding hydrogens is 457 g/mol. The SMILES string of the molecule is Cn1cc(C2C=Cc3c(-c4cc(NSC5CC5)cc(B5OC(C)(C)C(C)(C)O5)c4)cnn3C2)cn1. The molecule has 2 aliphatic heterocycles. The van der Waals surface area contributed by atoms with E-state index in [4.69, 9.17) is 14.4 Å². The third-order valence-corrected chi connectivity index (χ3v) is 8.71. The molecule has 0 radical (unpaired) electrons. The molecule has 7 nitrogen and oxygen atoms in total. The fourth-order valence-corrected chi connectivity index (χ4v) is 5.35. The maximum atomic E-state index is 6.39. The van der Waals surface area contributed by atoms with Gasteiger partial charge in [-0.25, -0.2) is 0 Å². The van der Waals surface area contributed by atoms with Gasteiger partial charge in [0.1, 0.15) is 0 Å². The van der Waals surface area contributed by atoms with Crippen LogP contribution in [-0.2, 0) is 22.9 Å². The lowest BCUT2D eigenvalue weighted by molar-refractivity contribution is 0.00578. The largest absolute Gasteiger partial charge is 0.494 e. The van der Waals surface area contributed by atoms with Crippen molar-refractivity contribution in [3.63, 3.8) is 0 Å². The van der Waals surface area contributed by atoms with Gasteiger partial charge >= 0.3 is 7.12 Å². The maximum absolute atomic E-state index is 6.39. The molecule has 0 bridgehead atoms. The van der Waals surface area contributed by atoms with Crippen LogP contribution in [0.4, 0.5) is 5.69 Å². The van der Waals surface area contributed by atoms with Gasteiger partial charge in [0.2, 0.25) is 0 Å². The first-order chi connectivity index (χ1) is 16.7. The molecule has 3 aliphatic rings. The van der Waals surface area contributed by atoms with Gasteiger partial charge in [-0.15, -0.1) is 0 Å². The quantitative estimate of drug-likeness (QED) is 0.403. The number of hydrogen-bond donors (Lipinski definition) is 1. The van der Waals surface area contributed by atoms with E-state index in [0.717, 1.165) is 34.5 Å². The second-order valence-corrected chi connectivity index (χ2v) is 12.0. The summed E-state index contributed by atoms with van der Waals surface area (Å²) >= 11 is 1.81. The molecule has 1 aromatic carbocycles. The second kappa shape index (κ2) is 8.28. The van der Waals surface area contributed by atoms with E-state index in [0.29, 0.717) is 5.25 Å². The molecule has 1 aliphatic carbocycles. The first kappa shape index (κ1) is 22.9. The average molecular weight is 489 g/mol. The second-order valence-electron chi connectivity index (χ2n) is 10.9. The summed E-state index contributed by atoms with van der Waals surface area (Å²) in [5, 5.41) is 9.79. The first-order valence-electron chi connectivity index (χ1n) is 12.3. The summed E-state index contributed by atoms with van der Waals surface area (Å²) in [7, 11) is 1.54. The summed E-state index contributed by atoms with van der Waals surface area (Å²) in [5.41, 5.74) is 5.88. The number of aryl methyl sites for hydroxylation is 1. The summed E-state index contributed by atoms with van der Waals surface area (Å²) < 4.78 is 20.3. The molecule has 35 heavy (non-hydrogen) atoms. The summed E-state index contributed by atoms with van der Waals surface area (Å²) in [6.07, 6.45) is 13.0. The van der Waals surface area contributed by atoms with E-state index in [1.165, 1.54) is 18.4 Å². The Kier molecular flexibility index (Phi) is 5.43. The van der Waals surface area contributed by atoms with Crippen LogP contribution in [0.2, 0.25) is 0 Å². The minimum atomic E-state index is -0.414. The zero-order chi connectivity index (χ0) is 24.4. The van der Waals surface area contributed by atoms with Gasteiger partial charge in [0.05, 0.1) is 35.8 Å². The van der Waals surface area contributed by atoms with Crippen LogP contribution in [0.5, 0.6) is 0 Å². The Hall–Kier alpha value is -2.49. The van der Waals surface area contributed by atoms with Crippen molar-refractivity contribution in [2.45, 2.75) is 69.5 Å². The summed E-state index contributed by atoms with van der Waals surface area (Å²) in [6.45, 7) is 9.18. The van der Waals surface area contributed by atoms with E-state index in [1.54, 1.807) is 11.9 Å². The number of nitrogens with zero attached hydrogens (tertiary/aromatic N) is 4. The molecule has 182 valence electrons. The van der Waals surface area contributed by atoms with Gasteiger partial charge in [0.25, 0.3) is 0 Å².